The molecule has 5 heteroatoms. The lowest BCUT2D eigenvalue weighted by atomic mass is 10.1. The Labute approximate surface area is 128 Å². The quantitative estimate of drug-likeness (QED) is 0.873. The van der Waals surface area contributed by atoms with E-state index in [0.29, 0.717) is 12.0 Å². The molecule has 0 aromatic carbocycles. The van der Waals surface area contributed by atoms with Crippen molar-refractivity contribution in [3.05, 3.63) is 11.9 Å². The molecule has 1 N–H and O–H groups in total. The van der Waals surface area contributed by atoms with E-state index in [1.807, 2.05) is 0 Å². The summed E-state index contributed by atoms with van der Waals surface area (Å²) in [6, 6.07) is 2.07. The molecule has 0 atom stereocenters. The molecule has 2 heterocycles. The van der Waals surface area contributed by atoms with E-state index < -0.39 is 0 Å². The zero-order valence-corrected chi connectivity index (χ0v) is 13.7. The molecule has 1 saturated heterocycles. The smallest absolute Gasteiger partial charge is 0.135 e. The maximum absolute atomic E-state index is 5.72. The van der Waals surface area contributed by atoms with E-state index in [9.17, 15) is 0 Å². The molecule has 0 spiro atoms. The molecule has 118 valence electrons. The first kappa shape index (κ1) is 16.0. The number of piperidine rings is 1. The van der Waals surface area contributed by atoms with Crippen molar-refractivity contribution in [3.63, 3.8) is 0 Å². The van der Waals surface area contributed by atoms with Crippen molar-refractivity contribution in [1.29, 1.82) is 0 Å². The summed E-state index contributed by atoms with van der Waals surface area (Å²) < 4.78 is 5.72. The summed E-state index contributed by atoms with van der Waals surface area (Å²) in [4.78, 5) is 11.7. The molecular formula is C16H28N4O. The standard InChI is InChI=1S/C16H28N4O/c1-5-17-14-11-15(19-16(18-14)12(3)4)20-9-7-13(8-10-20)21-6-2/h11-13H,5-10H2,1-4H3,(H,17,18,19). The highest BCUT2D eigenvalue weighted by Crippen LogP contribution is 2.24. The molecule has 2 rings (SSSR count). The molecule has 1 aliphatic rings. The Hall–Kier alpha value is -1.36. The summed E-state index contributed by atoms with van der Waals surface area (Å²) in [5, 5.41) is 3.31. The van der Waals surface area contributed by atoms with E-state index in [2.05, 4.69) is 49.0 Å². The van der Waals surface area contributed by atoms with E-state index in [0.717, 1.165) is 56.5 Å². The summed E-state index contributed by atoms with van der Waals surface area (Å²) in [5.74, 6) is 3.22. The predicted octanol–water partition coefficient (Wildman–Crippen LogP) is 3.04. The summed E-state index contributed by atoms with van der Waals surface area (Å²) in [7, 11) is 0. The second-order valence-electron chi connectivity index (χ2n) is 5.80. The highest BCUT2D eigenvalue weighted by Gasteiger charge is 2.21. The molecule has 1 aliphatic heterocycles. The fourth-order valence-corrected chi connectivity index (χ4v) is 2.63. The van der Waals surface area contributed by atoms with Gasteiger partial charge in [0.15, 0.2) is 0 Å². The monoisotopic (exact) mass is 292 g/mol. The Bertz CT molecular complexity index is 442. The minimum atomic E-state index is 0.336. The largest absolute Gasteiger partial charge is 0.378 e. The maximum Gasteiger partial charge on any atom is 0.135 e. The number of hydrogen-bond donors (Lipinski definition) is 1. The number of ether oxygens (including phenoxy) is 1. The lowest BCUT2D eigenvalue weighted by Crippen LogP contribution is -2.37. The Balaban J connectivity index is 2.11. The third kappa shape index (κ3) is 4.30. The van der Waals surface area contributed by atoms with Crippen LogP contribution in [0.4, 0.5) is 11.6 Å². The van der Waals surface area contributed by atoms with Crippen molar-refractivity contribution < 1.29 is 4.74 Å². The summed E-state index contributed by atoms with van der Waals surface area (Å²) in [6.07, 6.45) is 2.56. The zero-order chi connectivity index (χ0) is 15.2. The second kappa shape index (κ2) is 7.59. The van der Waals surface area contributed by atoms with Crippen LogP contribution in [0.15, 0.2) is 6.07 Å². The molecule has 0 aliphatic carbocycles. The van der Waals surface area contributed by atoms with Gasteiger partial charge in [-0.2, -0.15) is 0 Å². The van der Waals surface area contributed by atoms with Crippen LogP contribution in [0.3, 0.4) is 0 Å². The fourth-order valence-electron chi connectivity index (χ4n) is 2.63. The number of anilines is 2. The Kier molecular flexibility index (Phi) is 5.79. The Morgan fingerprint density at radius 3 is 2.57 bits per heavy atom. The van der Waals surface area contributed by atoms with Crippen LogP contribution in [0, 0.1) is 0 Å². The van der Waals surface area contributed by atoms with Crippen LogP contribution in [-0.4, -0.2) is 42.3 Å². The fraction of sp³-hybridized carbons (Fsp3) is 0.750. The van der Waals surface area contributed by atoms with Crippen LogP contribution in [0.5, 0.6) is 0 Å². The van der Waals surface area contributed by atoms with Gasteiger partial charge in [0.1, 0.15) is 17.5 Å². The average molecular weight is 292 g/mol. The molecule has 0 bridgehead atoms. The zero-order valence-electron chi connectivity index (χ0n) is 13.7. The molecular weight excluding hydrogens is 264 g/mol. The number of nitrogens with one attached hydrogen (secondary N) is 1. The van der Waals surface area contributed by atoms with E-state index in [1.54, 1.807) is 0 Å². The lowest BCUT2D eigenvalue weighted by molar-refractivity contribution is 0.0458. The third-order valence-corrected chi connectivity index (χ3v) is 3.77. The molecule has 0 saturated carbocycles. The van der Waals surface area contributed by atoms with Gasteiger partial charge in [0, 0.05) is 38.2 Å². The summed E-state index contributed by atoms with van der Waals surface area (Å²) in [5.41, 5.74) is 0. The first-order valence-corrected chi connectivity index (χ1v) is 8.13. The van der Waals surface area contributed by atoms with Gasteiger partial charge < -0.3 is 15.0 Å². The van der Waals surface area contributed by atoms with Crippen LogP contribution in [0.1, 0.15) is 52.3 Å². The van der Waals surface area contributed by atoms with Crippen LogP contribution >= 0.6 is 0 Å². The number of aromatic nitrogens is 2. The number of hydrogen-bond acceptors (Lipinski definition) is 5. The van der Waals surface area contributed by atoms with Crippen molar-refractivity contribution in [3.8, 4) is 0 Å². The van der Waals surface area contributed by atoms with E-state index in [1.165, 1.54) is 0 Å². The normalized spacial score (nSPS) is 16.5. The van der Waals surface area contributed by atoms with Crippen molar-refractivity contribution in [1.82, 2.24) is 9.97 Å². The third-order valence-electron chi connectivity index (χ3n) is 3.77. The highest BCUT2D eigenvalue weighted by atomic mass is 16.5. The Morgan fingerprint density at radius 1 is 1.29 bits per heavy atom. The topological polar surface area (TPSA) is 50.3 Å². The summed E-state index contributed by atoms with van der Waals surface area (Å²) in [6.45, 7) is 12.1. The first-order chi connectivity index (χ1) is 10.1. The van der Waals surface area contributed by atoms with Crippen molar-refractivity contribution in [2.24, 2.45) is 0 Å². The van der Waals surface area contributed by atoms with Gasteiger partial charge in [0.25, 0.3) is 0 Å². The molecule has 21 heavy (non-hydrogen) atoms. The number of rotatable bonds is 6. The van der Waals surface area contributed by atoms with Gasteiger partial charge in [0.2, 0.25) is 0 Å². The SMILES string of the molecule is CCNc1cc(N2CCC(OCC)CC2)nc(C(C)C)n1. The first-order valence-electron chi connectivity index (χ1n) is 8.13. The van der Waals surface area contributed by atoms with Gasteiger partial charge >= 0.3 is 0 Å². The molecule has 5 nitrogen and oxygen atoms in total. The minimum Gasteiger partial charge on any atom is -0.378 e. The average Bonchev–Trinajstić information content (AvgIpc) is 2.48. The van der Waals surface area contributed by atoms with Gasteiger partial charge in [-0.05, 0) is 26.7 Å². The minimum absolute atomic E-state index is 0.336. The molecule has 1 fully saturated rings. The lowest BCUT2D eigenvalue weighted by Gasteiger charge is -2.33. The van der Waals surface area contributed by atoms with Crippen LogP contribution < -0.4 is 10.2 Å². The summed E-state index contributed by atoms with van der Waals surface area (Å²) >= 11 is 0. The van der Waals surface area contributed by atoms with Gasteiger partial charge in [-0.15, -0.1) is 0 Å². The molecule has 1 aromatic heterocycles. The van der Waals surface area contributed by atoms with Crippen molar-refractivity contribution >= 4 is 11.6 Å². The van der Waals surface area contributed by atoms with Crippen LogP contribution in [0.2, 0.25) is 0 Å². The molecule has 0 amide bonds. The van der Waals surface area contributed by atoms with E-state index >= 15 is 0 Å². The maximum atomic E-state index is 5.72. The molecule has 0 radical (unpaired) electrons. The highest BCUT2D eigenvalue weighted by molar-refractivity contribution is 5.50. The van der Waals surface area contributed by atoms with Gasteiger partial charge in [-0.3, -0.25) is 0 Å². The van der Waals surface area contributed by atoms with Crippen LogP contribution in [-0.2, 0) is 4.74 Å². The van der Waals surface area contributed by atoms with Gasteiger partial charge in [-0.25, -0.2) is 9.97 Å². The van der Waals surface area contributed by atoms with Crippen molar-refractivity contribution in [2.45, 2.75) is 52.6 Å². The van der Waals surface area contributed by atoms with E-state index in [-0.39, 0.29) is 0 Å². The Morgan fingerprint density at radius 2 is 2.00 bits per heavy atom. The van der Waals surface area contributed by atoms with Gasteiger partial charge in [-0.1, -0.05) is 13.8 Å². The number of nitrogens with zero attached hydrogens (tertiary/aromatic N) is 3. The van der Waals surface area contributed by atoms with Crippen LogP contribution in [0.25, 0.3) is 0 Å². The predicted molar refractivity (Wildman–Crippen MR) is 87.1 cm³/mol. The molecule has 1 aromatic rings. The van der Waals surface area contributed by atoms with Gasteiger partial charge in [0.05, 0.1) is 6.10 Å². The molecule has 0 unspecified atom stereocenters. The van der Waals surface area contributed by atoms with Crippen molar-refractivity contribution in [2.75, 3.05) is 36.5 Å². The van der Waals surface area contributed by atoms with E-state index in [4.69, 9.17) is 9.72 Å². The second-order valence-corrected chi connectivity index (χ2v) is 5.80.